The quantitative estimate of drug-likeness (QED) is 0.645. The average Bonchev–Trinajstić information content (AvgIpc) is 2.56. The van der Waals surface area contributed by atoms with Crippen molar-refractivity contribution in [1.82, 2.24) is 20.4 Å². The summed E-state index contributed by atoms with van der Waals surface area (Å²) < 4.78 is 5.53. The van der Waals surface area contributed by atoms with Gasteiger partial charge in [-0.05, 0) is 59.9 Å². The van der Waals surface area contributed by atoms with Crippen LogP contribution in [0.5, 0.6) is 0 Å². The lowest BCUT2D eigenvalue weighted by Crippen LogP contribution is -2.49. The van der Waals surface area contributed by atoms with Crippen LogP contribution in [-0.4, -0.2) is 72.2 Å². The third-order valence-corrected chi connectivity index (χ3v) is 4.34. The molecule has 0 radical (unpaired) electrons. The summed E-state index contributed by atoms with van der Waals surface area (Å²) in [5.74, 6) is -0.0823. The van der Waals surface area contributed by atoms with E-state index >= 15 is 0 Å². The van der Waals surface area contributed by atoms with Crippen molar-refractivity contribution in [3.8, 4) is 0 Å². The summed E-state index contributed by atoms with van der Waals surface area (Å²) in [6, 6.07) is -0.489. The van der Waals surface area contributed by atoms with Crippen LogP contribution in [0.3, 0.4) is 0 Å². The molecule has 1 atom stereocenters. The maximum atomic E-state index is 12.5. The van der Waals surface area contributed by atoms with Gasteiger partial charge in [-0.25, -0.2) is 9.59 Å². The zero-order chi connectivity index (χ0) is 21.3. The number of nitrogens with one attached hydrogen (secondary N) is 2. The third kappa shape index (κ3) is 9.21. The smallest absolute Gasteiger partial charge is 0.410 e. The molecule has 160 valence electrons. The standard InChI is InChI=1S/C20H36N4O4/c1-7-10-21-18(26)22-17(25)14-23-11-8-9-16(12-23)13-24(15(2)3)19(27)28-20(4,5)6/h7,15-16H,1,8-14H2,2-6H3,(H2,21,22,25,26). The molecule has 1 rings (SSSR count). The molecule has 0 spiro atoms. The molecule has 2 N–H and O–H groups in total. The Labute approximate surface area is 168 Å². The number of amides is 4. The number of likely N-dealkylation sites (tertiary alicyclic amines) is 1. The van der Waals surface area contributed by atoms with E-state index in [2.05, 4.69) is 17.2 Å². The Hall–Kier alpha value is -2.09. The van der Waals surface area contributed by atoms with E-state index < -0.39 is 11.6 Å². The van der Waals surface area contributed by atoms with E-state index in [0.29, 0.717) is 19.6 Å². The first-order valence-electron chi connectivity index (χ1n) is 9.92. The number of hydrogen-bond donors (Lipinski definition) is 2. The predicted molar refractivity (Wildman–Crippen MR) is 109 cm³/mol. The lowest BCUT2D eigenvalue weighted by atomic mass is 9.97. The van der Waals surface area contributed by atoms with Crippen molar-refractivity contribution in [2.45, 2.75) is 59.1 Å². The van der Waals surface area contributed by atoms with E-state index in [9.17, 15) is 14.4 Å². The minimum atomic E-state index is -0.535. The average molecular weight is 397 g/mol. The fourth-order valence-electron chi connectivity index (χ4n) is 3.12. The summed E-state index contributed by atoms with van der Waals surface area (Å²) in [5, 5.41) is 4.83. The molecule has 4 amide bonds. The van der Waals surface area contributed by atoms with Crippen LogP contribution >= 0.6 is 0 Å². The van der Waals surface area contributed by atoms with Crippen LogP contribution in [0, 0.1) is 5.92 Å². The van der Waals surface area contributed by atoms with Crippen molar-refractivity contribution in [2.24, 2.45) is 5.92 Å². The fraction of sp³-hybridized carbons (Fsp3) is 0.750. The summed E-state index contributed by atoms with van der Waals surface area (Å²) in [7, 11) is 0. The molecule has 1 saturated heterocycles. The van der Waals surface area contributed by atoms with Crippen molar-refractivity contribution < 1.29 is 19.1 Å². The molecule has 1 aliphatic heterocycles. The number of hydrogen-bond acceptors (Lipinski definition) is 5. The molecule has 1 fully saturated rings. The fourth-order valence-corrected chi connectivity index (χ4v) is 3.12. The molecule has 0 bridgehead atoms. The highest BCUT2D eigenvalue weighted by atomic mass is 16.6. The topological polar surface area (TPSA) is 91.0 Å². The maximum absolute atomic E-state index is 12.5. The lowest BCUT2D eigenvalue weighted by molar-refractivity contribution is -0.121. The van der Waals surface area contributed by atoms with Gasteiger partial charge < -0.3 is 15.0 Å². The van der Waals surface area contributed by atoms with Crippen LogP contribution in [0.15, 0.2) is 12.7 Å². The van der Waals surface area contributed by atoms with Gasteiger partial charge in [0.25, 0.3) is 0 Å². The van der Waals surface area contributed by atoms with Gasteiger partial charge in [0.1, 0.15) is 5.60 Å². The molecule has 1 aliphatic rings. The number of piperidine rings is 1. The van der Waals surface area contributed by atoms with Gasteiger partial charge in [-0.1, -0.05) is 6.08 Å². The molecule has 28 heavy (non-hydrogen) atoms. The molecule has 1 unspecified atom stereocenters. The Morgan fingerprint density at radius 2 is 2.00 bits per heavy atom. The van der Waals surface area contributed by atoms with E-state index in [4.69, 9.17) is 4.74 Å². The number of nitrogens with zero attached hydrogens (tertiary/aromatic N) is 2. The Morgan fingerprint density at radius 3 is 2.57 bits per heavy atom. The highest BCUT2D eigenvalue weighted by molar-refractivity contribution is 5.95. The molecule has 0 aromatic heterocycles. The summed E-state index contributed by atoms with van der Waals surface area (Å²) in [4.78, 5) is 39.9. The lowest BCUT2D eigenvalue weighted by Gasteiger charge is -2.37. The van der Waals surface area contributed by atoms with Crippen molar-refractivity contribution >= 4 is 18.0 Å². The van der Waals surface area contributed by atoms with Gasteiger partial charge >= 0.3 is 12.1 Å². The highest BCUT2D eigenvalue weighted by Crippen LogP contribution is 2.20. The SMILES string of the molecule is C=CCNC(=O)NC(=O)CN1CCCC(CN(C(=O)OC(C)(C)C)C(C)C)C1. The first-order chi connectivity index (χ1) is 13.0. The monoisotopic (exact) mass is 396 g/mol. The van der Waals surface area contributed by atoms with Gasteiger partial charge in [0.05, 0.1) is 6.54 Å². The third-order valence-electron chi connectivity index (χ3n) is 4.34. The number of carbonyl (C=O) groups is 3. The van der Waals surface area contributed by atoms with Crippen LogP contribution in [0.2, 0.25) is 0 Å². The first-order valence-corrected chi connectivity index (χ1v) is 9.92. The van der Waals surface area contributed by atoms with Crippen molar-refractivity contribution in [3.05, 3.63) is 12.7 Å². The molecule has 0 aliphatic carbocycles. The van der Waals surface area contributed by atoms with E-state index in [0.717, 1.165) is 19.4 Å². The number of rotatable bonds is 7. The van der Waals surface area contributed by atoms with Gasteiger partial charge in [0, 0.05) is 25.7 Å². The van der Waals surface area contributed by atoms with Crippen molar-refractivity contribution in [2.75, 3.05) is 32.7 Å². The van der Waals surface area contributed by atoms with E-state index in [1.165, 1.54) is 0 Å². The number of imide groups is 1. The van der Waals surface area contributed by atoms with Gasteiger partial charge in [0.2, 0.25) is 5.91 Å². The van der Waals surface area contributed by atoms with E-state index in [-0.39, 0.29) is 30.5 Å². The maximum Gasteiger partial charge on any atom is 0.410 e. The Bertz CT molecular complexity index is 557. The van der Waals surface area contributed by atoms with Crippen molar-refractivity contribution in [3.63, 3.8) is 0 Å². The van der Waals surface area contributed by atoms with Crippen LogP contribution < -0.4 is 10.6 Å². The highest BCUT2D eigenvalue weighted by Gasteiger charge is 2.29. The normalized spacial score (nSPS) is 17.7. The Kier molecular flexibility index (Phi) is 9.45. The van der Waals surface area contributed by atoms with E-state index in [1.54, 1.807) is 11.0 Å². The summed E-state index contributed by atoms with van der Waals surface area (Å²) in [6.45, 7) is 15.6. The molecule has 0 aromatic rings. The Balaban J connectivity index is 2.56. The van der Waals surface area contributed by atoms with Gasteiger partial charge in [-0.15, -0.1) is 6.58 Å². The van der Waals surface area contributed by atoms with Gasteiger partial charge in [-0.2, -0.15) is 0 Å². The van der Waals surface area contributed by atoms with Crippen LogP contribution in [-0.2, 0) is 9.53 Å². The summed E-state index contributed by atoms with van der Waals surface area (Å²) in [5.41, 5.74) is -0.535. The minimum Gasteiger partial charge on any atom is -0.444 e. The van der Waals surface area contributed by atoms with Crippen LogP contribution in [0.4, 0.5) is 9.59 Å². The molecule has 8 nitrogen and oxygen atoms in total. The number of urea groups is 1. The Morgan fingerprint density at radius 1 is 1.32 bits per heavy atom. The van der Waals surface area contributed by atoms with Crippen LogP contribution in [0.1, 0.15) is 47.5 Å². The molecule has 0 aromatic carbocycles. The molecular weight excluding hydrogens is 360 g/mol. The molecule has 0 saturated carbocycles. The predicted octanol–water partition coefficient (Wildman–Crippen LogP) is 2.36. The van der Waals surface area contributed by atoms with Crippen LogP contribution in [0.25, 0.3) is 0 Å². The zero-order valence-electron chi connectivity index (χ0n) is 17.9. The van der Waals surface area contributed by atoms with Crippen molar-refractivity contribution in [1.29, 1.82) is 0 Å². The molecular formula is C20H36N4O4. The summed E-state index contributed by atoms with van der Waals surface area (Å²) >= 11 is 0. The number of carbonyl (C=O) groups excluding carboxylic acids is 3. The van der Waals surface area contributed by atoms with E-state index in [1.807, 2.05) is 39.5 Å². The first kappa shape index (κ1) is 23.9. The summed E-state index contributed by atoms with van der Waals surface area (Å²) in [6.07, 6.45) is 3.17. The second-order valence-electron chi connectivity index (χ2n) is 8.52. The minimum absolute atomic E-state index is 0.0297. The van der Waals surface area contributed by atoms with Gasteiger partial charge in [-0.3, -0.25) is 15.0 Å². The molecule has 1 heterocycles. The second-order valence-corrected chi connectivity index (χ2v) is 8.52. The second kappa shape index (κ2) is 11.0. The zero-order valence-corrected chi connectivity index (χ0v) is 17.9. The van der Waals surface area contributed by atoms with Gasteiger partial charge in [0.15, 0.2) is 0 Å². The molecule has 8 heteroatoms. The number of ether oxygens (including phenoxy) is 1. The largest absolute Gasteiger partial charge is 0.444 e.